The van der Waals surface area contributed by atoms with Crippen molar-refractivity contribution in [1.82, 2.24) is 0 Å². The number of halogens is 3. The quantitative estimate of drug-likeness (QED) is 0.731. The summed E-state index contributed by atoms with van der Waals surface area (Å²) in [6, 6.07) is 4.81. The summed E-state index contributed by atoms with van der Waals surface area (Å²) in [5.74, 6) is 0.442. The first-order valence-corrected chi connectivity index (χ1v) is 6.88. The third-order valence-corrected chi connectivity index (χ3v) is 3.21. The fourth-order valence-corrected chi connectivity index (χ4v) is 2.08. The molecule has 0 bridgehead atoms. The Labute approximate surface area is 122 Å². The van der Waals surface area contributed by atoms with Crippen LogP contribution >= 0.6 is 0 Å². The Morgan fingerprint density at radius 3 is 2.48 bits per heavy atom. The molecule has 0 amide bonds. The zero-order valence-corrected chi connectivity index (χ0v) is 11.7. The van der Waals surface area contributed by atoms with Crippen molar-refractivity contribution in [3.63, 3.8) is 0 Å². The van der Waals surface area contributed by atoms with E-state index >= 15 is 0 Å². The van der Waals surface area contributed by atoms with Crippen molar-refractivity contribution in [1.29, 1.82) is 0 Å². The molecule has 0 aromatic heterocycles. The number of allylic oxidation sites excluding steroid dienone is 4. The van der Waals surface area contributed by atoms with Gasteiger partial charge < -0.3 is 4.74 Å². The summed E-state index contributed by atoms with van der Waals surface area (Å²) < 4.78 is 43.4. The lowest BCUT2D eigenvalue weighted by Crippen LogP contribution is -2.17. The van der Waals surface area contributed by atoms with E-state index in [1.165, 1.54) is 12.1 Å². The molecule has 112 valence electrons. The first kappa shape index (κ1) is 15.4. The predicted molar refractivity (Wildman–Crippen MR) is 77.1 cm³/mol. The van der Waals surface area contributed by atoms with Crippen LogP contribution in [-0.2, 0) is 6.18 Å². The van der Waals surface area contributed by atoms with E-state index in [9.17, 15) is 13.2 Å². The monoisotopic (exact) mass is 294 g/mol. The highest BCUT2D eigenvalue weighted by Gasteiger charge is 2.30. The third kappa shape index (κ3) is 4.25. The molecule has 1 aromatic carbocycles. The molecule has 0 N–H and O–H groups in total. The maximum absolute atomic E-state index is 12.5. The average molecular weight is 294 g/mol. The Bertz CT molecular complexity index is 550. The molecule has 0 spiro atoms. The van der Waals surface area contributed by atoms with Crippen molar-refractivity contribution in [2.75, 3.05) is 0 Å². The smallest absolute Gasteiger partial charge is 0.416 e. The molecule has 1 aromatic rings. The van der Waals surface area contributed by atoms with E-state index in [1.807, 2.05) is 37.3 Å². The first-order chi connectivity index (χ1) is 10.0. The zero-order chi connectivity index (χ0) is 15.3. The van der Waals surface area contributed by atoms with Crippen LogP contribution in [0.2, 0.25) is 0 Å². The lowest BCUT2D eigenvalue weighted by Gasteiger charge is -2.19. The minimum atomic E-state index is -4.32. The normalized spacial score (nSPS) is 16.3. The summed E-state index contributed by atoms with van der Waals surface area (Å²) >= 11 is 0. The second kappa shape index (κ2) is 6.66. The lowest BCUT2D eigenvalue weighted by molar-refractivity contribution is -0.137. The molecule has 1 nitrogen and oxygen atoms in total. The van der Waals surface area contributed by atoms with Crippen molar-refractivity contribution in [3.05, 3.63) is 65.8 Å². The predicted octanol–water partition coefficient (Wildman–Crippen LogP) is 5.31. The Kier molecular flexibility index (Phi) is 4.89. The SMILES string of the molecule is CCC(Oc1ccc(C(F)(F)F)cc1)C1=CC=CCC=C1. The van der Waals surface area contributed by atoms with Gasteiger partial charge in [-0.1, -0.05) is 37.3 Å². The minimum absolute atomic E-state index is 0.166. The molecule has 0 aliphatic heterocycles. The van der Waals surface area contributed by atoms with Gasteiger partial charge in [-0.25, -0.2) is 0 Å². The molecule has 4 heteroatoms. The van der Waals surface area contributed by atoms with Gasteiger partial charge in [0.15, 0.2) is 0 Å². The van der Waals surface area contributed by atoms with Gasteiger partial charge in [0, 0.05) is 0 Å². The van der Waals surface area contributed by atoms with Gasteiger partial charge in [-0.2, -0.15) is 13.2 Å². The van der Waals surface area contributed by atoms with E-state index < -0.39 is 11.7 Å². The van der Waals surface area contributed by atoms with Crippen molar-refractivity contribution in [2.45, 2.75) is 32.0 Å². The second-order valence-electron chi connectivity index (χ2n) is 4.77. The van der Waals surface area contributed by atoms with Crippen LogP contribution < -0.4 is 4.74 Å². The molecule has 2 rings (SSSR count). The van der Waals surface area contributed by atoms with E-state index in [0.29, 0.717) is 5.75 Å². The number of rotatable bonds is 4. The topological polar surface area (TPSA) is 9.23 Å². The summed E-state index contributed by atoms with van der Waals surface area (Å²) in [4.78, 5) is 0. The molecule has 0 fully saturated rings. The van der Waals surface area contributed by atoms with E-state index in [2.05, 4.69) is 0 Å². The van der Waals surface area contributed by atoms with E-state index in [1.54, 1.807) is 0 Å². The van der Waals surface area contributed by atoms with Crippen LogP contribution in [0.15, 0.2) is 60.2 Å². The minimum Gasteiger partial charge on any atom is -0.486 e. The summed E-state index contributed by atoms with van der Waals surface area (Å²) in [6.45, 7) is 1.98. The fourth-order valence-electron chi connectivity index (χ4n) is 2.08. The van der Waals surface area contributed by atoms with Crippen LogP contribution in [0.3, 0.4) is 0 Å². The maximum Gasteiger partial charge on any atom is 0.416 e. The van der Waals surface area contributed by atoms with Gasteiger partial charge in [0.25, 0.3) is 0 Å². The van der Waals surface area contributed by atoms with Crippen molar-refractivity contribution >= 4 is 0 Å². The molecule has 0 heterocycles. The summed E-state index contributed by atoms with van der Waals surface area (Å²) in [5, 5.41) is 0. The Hall–Kier alpha value is -1.97. The Morgan fingerprint density at radius 2 is 1.86 bits per heavy atom. The molecule has 21 heavy (non-hydrogen) atoms. The standard InChI is InChI=1S/C17H17F3O/c1-2-16(13-7-5-3-4-6-8-13)21-15-11-9-14(10-12-15)17(18,19)20/h3,5-12,16H,2,4H2,1H3. The van der Waals surface area contributed by atoms with E-state index in [4.69, 9.17) is 4.74 Å². The molecule has 1 atom stereocenters. The largest absolute Gasteiger partial charge is 0.486 e. The highest BCUT2D eigenvalue weighted by Crippen LogP contribution is 2.31. The number of hydrogen-bond donors (Lipinski definition) is 0. The van der Waals surface area contributed by atoms with Crippen LogP contribution in [0.5, 0.6) is 5.75 Å². The molecule has 0 saturated heterocycles. The summed E-state index contributed by atoms with van der Waals surface area (Å²) in [7, 11) is 0. The Balaban J connectivity index is 2.12. The first-order valence-electron chi connectivity index (χ1n) is 6.88. The van der Waals surface area contributed by atoms with Gasteiger partial charge >= 0.3 is 6.18 Å². The van der Waals surface area contributed by atoms with E-state index in [-0.39, 0.29) is 6.10 Å². The highest BCUT2D eigenvalue weighted by molar-refractivity contribution is 5.34. The van der Waals surface area contributed by atoms with Gasteiger partial charge in [-0.15, -0.1) is 0 Å². The number of alkyl halides is 3. The van der Waals surface area contributed by atoms with Gasteiger partial charge in [0.2, 0.25) is 0 Å². The van der Waals surface area contributed by atoms with Crippen molar-refractivity contribution < 1.29 is 17.9 Å². The zero-order valence-electron chi connectivity index (χ0n) is 11.7. The average Bonchev–Trinajstić information content (AvgIpc) is 2.73. The molecular formula is C17H17F3O. The van der Waals surface area contributed by atoms with Gasteiger partial charge in [0.1, 0.15) is 11.9 Å². The van der Waals surface area contributed by atoms with Crippen LogP contribution in [0.4, 0.5) is 13.2 Å². The van der Waals surface area contributed by atoms with Crippen LogP contribution in [0, 0.1) is 0 Å². The highest BCUT2D eigenvalue weighted by atomic mass is 19.4. The number of hydrogen-bond acceptors (Lipinski definition) is 1. The Morgan fingerprint density at radius 1 is 1.14 bits per heavy atom. The van der Waals surface area contributed by atoms with Crippen LogP contribution in [0.1, 0.15) is 25.3 Å². The lowest BCUT2D eigenvalue weighted by atomic mass is 10.1. The maximum atomic E-state index is 12.5. The van der Waals surface area contributed by atoms with Crippen molar-refractivity contribution in [3.8, 4) is 5.75 Å². The van der Waals surface area contributed by atoms with Gasteiger partial charge in [-0.3, -0.25) is 0 Å². The summed E-state index contributed by atoms with van der Waals surface area (Å²) in [5.41, 5.74) is 0.352. The van der Waals surface area contributed by atoms with Crippen LogP contribution in [0.25, 0.3) is 0 Å². The molecule has 0 saturated carbocycles. The molecular weight excluding hydrogens is 277 g/mol. The van der Waals surface area contributed by atoms with E-state index in [0.717, 1.165) is 30.5 Å². The number of ether oxygens (including phenoxy) is 1. The molecule has 1 aliphatic rings. The molecule has 1 aliphatic carbocycles. The molecule has 1 unspecified atom stereocenters. The molecule has 0 radical (unpaired) electrons. The fraction of sp³-hybridized carbons (Fsp3) is 0.294. The third-order valence-electron chi connectivity index (χ3n) is 3.21. The van der Waals surface area contributed by atoms with Crippen molar-refractivity contribution in [2.24, 2.45) is 0 Å². The second-order valence-corrected chi connectivity index (χ2v) is 4.77. The van der Waals surface area contributed by atoms with Crippen LogP contribution in [-0.4, -0.2) is 6.10 Å². The summed E-state index contributed by atoms with van der Waals surface area (Å²) in [6.07, 6.45) is 7.14. The van der Waals surface area contributed by atoms with Gasteiger partial charge in [0.05, 0.1) is 5.56 Å². The number of benzene rings is 1. The van der Waals surface area contributed by atoms with Gasteiger partial charge in [-0.05, 0) is 42.7 Å².